The van der Waals surface area contributed by atoms with Crippen molar-refractivity contribution < 1.29 is 9.15 Å². The standard InChI is InChI=1S/C19H32N2O2/c1-15(2)21-14-19(11-17(21)13-22-4)7-9-20(10-8-19)12-18-6-5-16(3)23-18/h5-6,15,17H,7-14H2,1-4H3/t17-/m1/s1. The van der Waals surface area contributed by atoms with Crippen LogP contribution in [0.2, 0.25) is 0 Å². The third-order valence-corrected chi connectivity index (χ3v) is 5.77. The van der Waals surface area contributed by atoms with Crippen molar-refractivity contribution in [1.82, 2.24) is 9.80 Å². The monoisotopic (exact) mass is 320 g/mol. The van der Waals surface area contributed by atoms with Gasteiger partial charge in [-0.1, -0.05) is 0 Å². The molecule has 0 aromatic carbocycles. The molecule has 3 heterocycles. The summed E-state index contributed by atoms with van der Waals surface area (Å²) >= 11 is 0. The molecule has 2 aliphatic rings. The first-order valence-electron chi connectivity index (χ1n) is 9.04. The van der Waals surface area contributed by atoms with Crippen LogP contribution in [-0.2, 0) is 11.3 Å². The number of aryl methyl sites for hydroxylation is 1. The van der Waals surface area contributed by atoms with Gasteiger partial charge in [0.05, 0.1) is 13.2 Å². The van der Waals surface area contributed by atoms with Crippen LogP contribution in [0.25, 0.3) is 0 Å². The quantitative estimate of drug-likeness (QED) is 0.832. The third kappa shape index (κ3) is 3.81. The van der Waals surface area contributed by atoms with E-state index in [9.17, 15) is 0 Å². The molecule has 1 spiro atoms. The predicted molar refractivity (Wildman–Crippen MR) is 92.5 cm³/mol. The highest BCUT2D eigenvalue weighted by Gasteiger charge is 2.46. The maximum absolute atomic E-state index is 5.73. The summed E-state index contributed by atoms with van der Waals surface area (Å²) in [6.07, 6.45) is 3.90. The van der Waals surface area contributed by atoms with Crippen LogP contribution in [0.15, 0.2) is 16.5 Å². The molecule has 2 fully saturated rings. The van der Waals surface area contributed by atoms with E-state index in [1.165, 1.54) is 38.9 Å². The van der Waals surface area contributed by atoms with Crippen molar-refractivity contribution in [3.63, 3.8) is 0 Å². The molecule has 2 saturated heterocycles. The van der Waals surface area contributed by atoms with E-state index in [2.05, 4.69) is 35.8 Å². The number of hydrogen-bond acceptors (Lipinski definition) is 4. The zero-order chi connectivity index (χ0) is 16.4. The average molecular weight is 320 g/mol. The molecule has 0 N–H and O–H groups in total. The van der Waals surface area contributed by atoms with Crippen LogP contribution >= 0.6 is 0 Å². The van der Waals surface area contributed by atoms with Crippen LogP contribution in [0.4, 0.5) is 0 Å². The predicted octanol–water partition coefficient (Wildman–Crippen LogP) is 3.30. The lowest BCUT2D eigenvalue weighted by Gasteiger charge is -2.39. The van der Waals surface area contributed by atoms with Gasteiger partial charge in [0.2, 0.25) is 0 Å². The molecule has 0 amide bonds. The number of rotatable bonds is 5. The molecule has 0 radical (unpaired) electrons. The van der Waals surface area contributed by atoms with E-state index in [4.69, 9.17) is 9.15 Å². The summed E-state index contributed by atoms with van der Waals surface area (Å²) in [6.45, 7) is 12.1. The fraction of sp³-hybridized carbons (Fsp3) is 0.789. The number of likely N-dealkylation sites (tertiary alicyclic amines) is 2. The molecule has 130 valence electrons. The van der Waals surface area contributed by atoms with E-state index in [0.29, 0.717) is 17.5 Å². The Morgan fingerprint density at radius 1 is 1.30 bits per heavy atom. The molecule has 4 nitrogen and oxygen atoms in total. The molecule has 0 saturated carbocycles. The number of piperidine rings is 1. The lowest BCUT2D eigenvalue weighted by atomic mass is 9.76. The minimum absolute atomic E-state index is 0.503. The van der Waals surface area contributed by atoms with E-state index in [-0.39, 0.29) is 0 Å². The SMILES string of the molecule is COC[C@H]1CC2(CCN(Cc3ccc(C)o3)CC2)CN1C(C)C. The minimum Gasteiger partial charge on any atom is -0.465 e. The molecular weight excluding hydrogens is 288 g/mol. The molecule has 1 aromatic heterocycles. The smallest absolute Gasteiger partial charge is 0.118 e. The number of methoxy groups -OCH3 is 1. The molecule has 2 aliphatic heterocycles. The molecule has 23 heavy (non-hydrogen) atoms. The van der Waals surface area contributed by atoms with Gasteiger partial charge in [-0.15, -0.1) is 0 Å². The van der Waals surface area contributed by atoms with Crippen molar-refractivity contribution in [3.05, 3.63) is 23.7 Å². The Kier molecular flexibility index (Phi) is 5.14. The van der Waals surface area contributed by atoms with E-state index in [0.717, 1.165) is 24.7 Å². The molecular formula is C19H32N2O2. The van der Waals surface area contributed by atoms with Crippen LogP contribution in [-0.4, -0.2) is 55.2 Å². The topological polar surface area (TPSA) is 28.9 Å². The summed E-state index contributed by atoms with van der Waals surface area (Å²) < 4.78 is 11.2. The summed E-state index contributed by atoms with van der Waals surface area (Å²) in [7, 11) is 1.83. The normalized spacial score (nSPS) is 25.7. The number of ether oxygens (including phenoxy) is 1. The van der Waals surface area contributed by atoms with Crippen LogP contribution < -0.4 is 0 Å². The van der Waals surface area contributed by atoms with Gasteiger partial charge < -0.3 is 9.15 Å². The second-order valence-electron chi connectivity index (χ2n) is 7.87. The van der Waals surface area contributed by atoms with Gasteiger partial charge in [-0.25, -0.2) is 0 Å². The Balaban J connectivity index is 1.57. The van der Waals surface area contributed by atoms with Crippen LogP contribution in [0.1, 0.15) is 44.6 Å². The van der Waals surface area contributed by atoms with Crippen molar-refractivity contribution in [3.8, 4) is 0 Å². The summed E-state index contributed by atoms with van der Waals surface area (Å²) in [5.41, 5.74) is 0.503. The highest BCUT2D eigenvalue weighted by Crippen LogP contribution is 2.44. The van der Waals surface area contributed by atoms with Crippen molar-refractivity contribution in [2.75, 3.05) is 33.4 Å². The fourth-order valence-corrected chi connectivity index (χ4v) is 4.49. The molecule has 0 unspecified atom stereocenters. The summed E-state index contributed by atoms with van der Waals surface area (Å²) in [6, 6.07) is 5.38. The molecule has 0 aliphatic carbocycles. The molecule has 1 aromatic rings. The summed E-state index contributed by atoms with van der Waals surface area (Å²) in [4.78, 5) is 5.21. The van der Waals surface area contributed by atoms with Gasteiger partial charge in [0.1, 0.15) is 11.5 Å². The van der Waals surface area contributed by atoms with Gasteiger partial charge in [0, 0.05) is 25.7 Å². The van der Waals surface area contributed by atoms with Gasteiger partial charge >= 0.3 is 0 Å². The van der Waals surface area contributed by atoms with Crippen molar-refractivity contribution in [1.29, 1.82) is 0 Å². The lowest BCUT2D eigenvalue weighted by molar-refractivity contribution is 0.0892. The summed E-state index contributed by atoms with van der Waals surface area (Å²) in [5.74, 6) is 2.12. The van der Waals surface area contributed by atoms with E-state index in [1.54, 1.807) is 0 Å². The lowest BCUT2D eigenvalue weighted by Crippen LogP contribution is -2.42. The first kappa shape index (κ1) is 17.0. The molecule has 0 bridgehead atoms. The largest absolute Gasteiger partial charge is 0.465 e. The van der Waals surface area contributed by atoms with Crippen LogP contribution in [0.3, 0.4) is 0 Å². The van der Waals surface area contributed by atoms with Gasteiger partial charge in [-0.2, -0.15) is 0 Å². The molecule has 1 atom stereocenters. The second-order valence-corrected chi connectivity index (χ2v) is 7.87. The number of nitrogens with zero attached hydrogens (tertiary/aromatic N) is 2. The van der Waals surface area contributed by atoms with Gasteiger partial charge in [0.25, 0.3) is 0 Å². The zero-order valence-electron chi connectivity index (χ0n) is 15.2. The Morgan fingerprint density at radius 3 is 2.61 bits per heavy atom. The third-order valence-electron chi connectivity index (χ3n) is 5.77. The van der Waals surface area contributed by atoms with Crippen LogP contribution in [0, 0.1) is 12.3 Å². The Bertz CT molecular complexity index is 503. The Morgan fingerprint density at radius 2 is 2.04 bits per heavy atom. The van der Waals surface area contributed by atoms with Gasteiger partial charge in [0.15, 0.2) is 0 Å². The fourth-order valence-electron chi connectivity index (χ4n) is 4.49. The Hall–Kier alpha value is -0.840. The van der Waals surface area contributed by atoms with Gasteiger partial charge in [-0.3, -0.25) is 9.80 Å². The van der Waals surface area contributed by atoms with Crippen molar-refractivity contribution in [2.24, 2.45) is 5.41 Å². The number of furan rings is 1. The first-order valence-corrected chi connectivity index (χ1v) is 9.04. The van der Waals surface area contributed by atoms with E-state index in [1.807, 2.05) is 14.0 Å². The first-order chi connectivity index (χ1) is 11.0. The maximum atomic E-state index is 5.73. The Labute approximate surface area is 140 Å². The van der Waals surface area contributed by atoms with E-state index >= 15 is 0 Å². The minimum atomic E-state index is 0.503. The molecule has 3 rings (SSSR count). The molecule has 4 heteroatoms. The maximum Gasteiger partial charge on any atom is 0.118 e. The second kappa shape index (κ2) is 6.96. The number of hydrogen-bond donors (Lipinski definition) is 0. The van der Waals surface area contributed by atoms with Crippen LogP contribution in [0.5, 0.6) is 0 Å². The average Bonchev–Trinajstić information content (AvgIpc) is 3.07. The van der Waals surface area contributed by atoms with Crippen molar-refractivity contribution in [2.45, 2.75) is 58.7 Å². The van der Waals surface area contributed by atoms with Crippen molar-refractivity contribution >= 4 is 0 Å². The van der Waals surface area contributed by atoms with E-state index < -0.39 is 0 Å². The zero-order valence-corrected chi connectivity index (χ0v) is 15.2. The highest BCUT2D eigenvalue weighted by atomic mass is 16.5. The summed E-state index contributed by atoms with van der Waals surface area (Å²) in [5, 5.41) is 0. The highest BCUT2D eigenvalue weighted by molar-refractivity contribution is 5.06. The van der Waals surface area contributed by atoms with Gasteiger partial charge in [-0.05, 0) is 70.7 Å².